The maximum Gasteiger partial charge on any atom is 0.129 e. The van der Waals surface area contributed by atoms with Crippen molar-refractivity contribution < 1.29 is 14.3 Å². The van der Waals surface area contributed by atoms with E-state index in [2.05, 4.69) is 21.1 Å². The van der Waals surface area contributed by atoms with Gasteiger partial charge < -0.3 is 14.3 Å². The Labute approximate surface area is 142 Å². The van der Waals surface area contributed by atoms with Crippen LogP contribution in [0.3, 0.4) is 0 Å². The molecule has 7 nitrogen and oxygen atoms in total. The summed E-state index contributed by atoms with van der Waals surface area (Å²) in [5.74, 6) is 0.784. The highest BCUT2D eigenvalue weighted by Crippen LogP contribution is 2.09. The summed E-state index contributed by atoms with van der Waals surface area (Å²) in [5.41, 5.74) is 1.25. The molecule has 0 radical (unpaired) electrons. The minimum atomic E-state index is -0.468. The molecule has 1 aliphatic heterocycles. The lowest BCUT2D eigenvalue weighted by Crippen LogP contribution is -2.48. The Bertz CT molecular complexity index is 591. The summed E-state index contributed by atoms with van der Waals surface area (Å²) in [5, 5.41) is 14.3. The Morgan fingerprint density at radius 2 is 2.08 bits per heavy atom. The highest BCUT2D eigenvalue weighted by atomic mass is 16.5. The summed E-state index contributed by atoms with van der Waals surface area (Å²) in [6, 6.07) is 3.70. The molecule has 0 saturated carbocycles. The third kappa shape index (κ3) is 5.17. The maximum absolute atomic E-state index is 10.1. The first-order chi connectivity index (χ1) is 11.7. The zero-order chi connectivity index (χ0) is 16.8. The van der Waals surface area contributed by atoms with E-state index in [1.165, 1.54) is 5.56 Å². The Kier molecular flexibility index (Phi) is 6.03. The van der Waals surface area contributed by atoms with Gasteiger partial charge in [-0.25, -0.2) is 0 Å². The molecule has 0 amide bonds. The van der Waals surface area contributed by atoms with Crippen molar-refractivity contribution >= 4 is 0 Å². The summed E-state index contributed by atoms with van der Waals surface area (Å²) >= 11 is 0. The number of ether oxygens (including phenoxy) is 1. The van der Waals surface area contributed by atoms with Crippen LogP contribution < -0.4 is 0 Å². The molecule has 0 bridgehead atoms. The van der Waals surface area contributed by atoms with Crippen molar-refractivity contribution in [3.05, 3.63) is 42.1 Å². The predicted octanol–water partition coefficient (Wildman–Crippen LogP) is 0.708. The minimum Gasteiger partial charge on any atom is -0.467 e. The van der Waals surface area contributed by atoms with Gasteiger partial charge in [0.2, 0.25) is 0 Å². The molecule has 2 aromatic heterocycles. The van der Waals surface area contributed by atoms with Crippen molar-refractivity contribution in [2.24, 2.45) is 7.05 Å². The smallest absolute Gasteiger partial charge is 0.129 e. The number of hydrogen-bond acceptors (Lipinski definition) is 6. The quantitative estimate of drug-likeness (QED) is 0.767. The zero-order valence-corrected chi connectivity index (χ0v) is 14.2. The average Bonchev–Trinajstić information content (AvgIpc) is 3.21. The van der Waals surface area contributed by atoms with Crippen molar-refractivity contribution in [3.8, 4) is 0 Å². The molecule has 132 valence electrons. The highest BCUT2D eigenvalue weighted by Gasteiger charge is 2.19. The zero-order valence-electron chi connectivity index (χ0n) is 14.2. The third-order valence-corrected chi connectivity index (χ3v) is 4.23. The number of aliphatic hydroxyl groups excluding tert-OH is 1. The number of aryl methyl sites for hydroxylation is 1. The Morgan fingerprint density at radius 1 is 1.29 bits per heavy atom. The van der Waals surface area contributed by atoms with Gasteiger partial charge in [-0.2, -0.15) is 5.10 Å². The second-order valence-corrected chi connectivity index (χ2v) is 6.35. The molecular weight excluding hydrogens is 308 g/mol. The van der Waals surface area contributed by atoms with Crippen LogP contribution in [0.5, 0.6) is 0 Å². The van der Waals surface area contributed by atoms with Crippen LogP contribution >= 0.6 is 0 Å². The van der Waals surface area contributed by atoms with Crippen LogP contribution in [-0.2, 0) is 24.9 Å². The second kappa shape index (κ2) is 8.43. The molecule has 1 atom stereocenters. The second-order valence-electron chi connectivity index (χ2n) is 6.35. The fourth-order valence-corrected chi connectivity index (χ4v) is 2.98. The molecule has 0 aliphatic carbocycles. The molecule has 2 aromatic rings. The van der Waals surface area contributed by atoms with Gasteiger partial charge in [0.1, 0.15) is 12.4 Å². The van der Waals surface area contributed by atoms with Gasteiger partial charge in [0.25, 0.3) is 0 Å². The summed E-state index contributed by atoms with van der Waals surface area (Å²) in [6.45, 7) is 6.28. The molecule has 1 fully saturated rings. The van der Waals surface area contributed by atoms with Crippen LogP contribution in [0, 0.1) is 0 Å². The fraction of sp³-hybridized carbons (Fsp3) is 0.588. The lowest BCUT2D eigenvalue weighted by atomic mass is 10.2. The lowest BCUT2D eigenvalue weighted by Gasteiger charge is -2.35. The molecule has 3 rings (SSSR count). The molecule has 1 N–H and O–H groups in total. The van der Waals surface area contributed by atoms with Gasteiger partial charge in [0.15, 0.2) is 0 Å². The molecule has 0 aromatic carbocycles. The van der Waals surface area contributed by atoms with Crippen molar-refractivity contribution in [2.75, 3.05) is 39.3 Å². The van der Waals surface area contributed by atoms with Crippen LogP contribution in [0.25, 0.3) is 0 Å². The van der Waals surface area contributed by atoms with E-state index < -0.39 is 6.10 Å². The van der Waals surface area contributed by atoms with Gasteiger partial charge >= 0.3 is 0 Å². The largest absolute Gasteiger partial charge is 0.467 e. The third-order valence-electron chi connectivity index (χ3n) is 4.23. The lowest BCUT2D eigenvalue weighted by molar-refractivity contribution is -0.00308. The van der Waals surface area contributed by atoms with Crippen LogP contribution in [0.1, 0.15) is 11.3 Å². The van der Waals surface area contributed by atoms with Gasteiger partial charge in [0.05, 0.1) is 25.2 Å². The molecule has 7 heteroatoms. The van der Waals surface area contributed by atoms with Crippen LogP contribution in [-0.4, -0.2) is 70.1 Å². The van der Waals surface area contributed by atoms with Gasteiger partial charge in [-0.1, -0.05) is 0 Å². The Hall–Kier alpha value is -1.67. The van der Waals surface area contributed by atoms with E-state index in [0.29, 0.717) is 19.8 Å². The topological polar surface area (TPSA) is 66.9 Å². The summed E-state index contributed by atoms with van der Waals surface area (Å²) < 4.78 is 12.5. The van der Waals surface area contributed by atoms with Gasteiger partial charge in [-0.3, -0.25) is 14.5 Å². The van der Waals surface area contributed by atoms with Gasteiger partial charge in [-0.15, -0.1) is 0 Å². The number of aromatic nitrogens is 2. The number of aliphatic hydroxyl groups is 1. The summed E-state index contributed by atoms with van der Waals surface area (Å²) in [7, 11) is 1.94. The first-order valence-electron chi connectivity index (χ1n) is 8.39. The number of nitrogens with zero attached hydrogens (tertiary/aromatic N) is 4. The van der Waals surface area contributed by atoms with E-state index in [-0.39, 0.29) is 0 Å². The normalized spacial score (nSPS) is 18.1. The van der Waals surface area contributed by atoms with Gasteiger partial charge in [-0.05, 0) is 12.1 Å². The van der Waals surface area contributed by atoms with Crippen LogP contribution in [0.2, 0.25) is 0 Å². The highest BCUT2D eigenvalue weighted by molar-refractivity contribution is 5.03. The summed E-state index contributed by atoms with van der Waals surface area (Å²) in [6.07, 6.45) is 5.14. The molecule has 0 spiro atoms. The number of β-amino-alcohol motifs (C(OH)–C–C–N with tert-alkyl or cyclic N) is 1. The molecule has 1 aliphatic rings. The van der Waals surface area contributed by atoms with Crippen molar-refractivity contribution in [1.82, 2.24) is 19.6 Å². The number of furan rings is 1. The molecular formula is C17H26N4O3. The molecule has 1 saturated heterocycles. The molecule has 3 heterocycles. The van der Waals surface area contributed by atoms with E-state index >= 15 is 0 Å². The fourth-order valence-electron chi connectivity index (χ4n) is 2.98. The predicted molar refractivity (Wildman–Crippen MR) is 89.3 cm³/mol. The number of piperazine rings is 1. The first kappa shape index (κ1) is 17.2. The summed E-state index contributed by atoms with van der Waals surface area (Å²) in [4.78, 5) is 4.72. The molecule has 24 heavy (non-hydrogen) atoms. The minimum absolute atomic E-state index is 0.330. The van der Waals surface area contributed by atoms with Crippen molar-refractivity contribution in [2.45, 2.75) is 19.3 Å². The van der Waals surface area contributed by atoms with E-state index in [4.69, 9.17) is 9.15 Å². The van der Waals surface area contributed by atoms with E-state index in [9.17, 15) is 5.11 Å². The van der Waals surface area contributed by atoms with Crippen LogP contribution in [0.15, 0.2) is 35.2 Å². The van der Waals surface area contributed by atoms with Crippen molar-refractivity contribution in [1.29, 1.82) is 0 Å². The van der Waals surface area contributed by atoms with Gasteiger partial charge in [0, 0.05) is 58.1 Å². The SMILES string of the molecule is Cn1cc(CN2CCN(C[C@H](O)COCc3ccco3)CC2)cn1. The van der Waals surface area contributed by atoms with E-state index in [1.54, 1.807) is 6.26 Å². The molecule has 0 unspecified atom stereocenters. The van der Waals surface area contributed by atoms with Crippen LogP contribution in [0.4, 0.5) is 0 Å². The standard InChI is InChI=1S/C17H26N4O3/c1-19-10-15(9-18-19)11-20-4-6-21(7-5-20)12-16(22)13-23-14-17-3-2-8-24-17/h2-3,8-10,16,22H,4-7,11-14H2,1H3/t16-/m0/s1. The monoisotopic (exact) mass is 334 g/mol. The maximum atomic E-state index is 10.1. The Morgan fingerprint density at radius 3 is 2.75 bits per heavy atom. The Balaban J connectivity index is 1.31. The number of hydrogen-bond donors (Lipinski definition) is 1. The van der Waals surface area contributed by atoms with Crippen molar-refractivity contribution in [3.63, 3.8) is 0 Å². The van der Waals surface area contributed by atoms with E-state index in [0.717, 1.165) is 38.5 Å². The number of rotatable bonds is 8. The first-order valence-corrected chi connectivity index (χ1v) is 8.39. The van der Waals surface area contributed by atoms with E-state index in [1.807, 2.05) is 30.1 Å². The average molecular weight is 334 g/mol.